The van der Waals surface area contributed by atoms with Crippen molar-refractivity contribution in [3.05, 3.63) is 77.4 Å². The number of hydrogen-bond donors (Lipinski definition) is 0. The molecule has 4 rings (SSSR count). The molecule has 0 amide bonds. The van der Waals surface area contributed by atoms with Crippen molar-refractivity contribution in [1.29, 1.82) is 0 Å². The number of pyridine rings is 1. The third kappa shape index (κ3) is 3.39. The van der Waals surface area contributed by atoms with E-state index in [0.29, 0.717) is 0 Å². The van der Waals surface area contributed by atoms with Crippen LogP contribution in [0.3, 0.4) is 0 Å². The van der Waals surface area contributed by atoms with Crippen LogP contribution in [-0.2, 0) is 6.54 Å². The highest BCUT2D eigenvalue weighted by molar-refractivity contribution is 6.30. The molecule has 25 heavy (non-hydrogen) atoms. The van der Waals surface area contributed by atoms with Crippen molar-refractivity contribution in [2.24, 2.45) is 0 Å². The minimum Gasteiger partial charge on any atom is -0.340 e. The number of rotatable bonds is 2. The zero-order valence-electron chi connectivity index (χ0n) is 14.2. The SMILES string of the molecule is CN1CCN(c2cccc(Cl)c2)c2ccc(-c3ccccn3)cc2C1. The van der Waals surface area contributed by atoms with Crippen molar-refractivity contribution >= 4 is 23.0 Å². The van der Waals surface area contributed by atoms with E-state index in [0.717, 1.165) is 41.6 Å². The molecule has 0 aliphatic carbocycles. The van der Waals surface area contributed by atoms with Gasteiger partial charge in [0.1, 0.15) is 0 Å². The molecule has 1 aromatic heterocycles. The predicted octanol–water partition coefficient (Wildman–Crippen LogP) is 4.99. The Morgan fingerprint density at radius 3 is 2.68 bits per heavy atom. The summed E-state index contributed by atoms with van der Waals surface area (Å²) in [6.07, 6.45) is 1.84. The van der Waals surface area contributed by atoms with Gasteiger partial charge in [-0.05, 0) is 55.1 Å². The molecule has 0 saturated carbocycles. The van der Waals surface area contributed by atoms with Crippen LogP contribution in [0.15, 0.2) is 66.9 Å². The lowest BCUT2D eigenvalue weighted by atomic mass is 10.0. The Labute approximate surface area is 153 Å². The van der Waals surface area contributed by atoms with E-state index in [1.807, 2.05) is 36.5 Å². The van der Waals surface area contributed by atoms with Crippen molar-refractivity contribution < 1.29 is 0 Å². The van der Waals surface area contributed by atoms with E-state index >= 15 is 0 Å². The Kier molecular flexibility index (Phi) is 4.43. The maximum Gasteiger partial charge on any atom is 0.0702 e. The molecule has 0 radical (unpaired) electrons. The van der Waals surface area contributed by atoms with Crippen molar-refractivity contribution in [1.82, 2.24) is 9.88 Å². The first-order chi connectivity index (χ1) is 12.2. The Morgan fingerprint density at radius 2 is 1.88 bits per heavy atom. The van der Waals surface area contributed by atoms with Gasteiger partial charge < -0.3 is 9.80 Å². The highest BCUT2D eigenvalue weighted by Gasteiger charge is 2.20. The van der Waals surface area contributed by atoms with E-state index in [2.05, 4.69) is 52.2 Å². The molecule has 2 heterocycles. The fraction of sp³-hybridized carbons (Fsp3) is 0.190. The van der Waals surface area contributed by atoms with Crippen molar-refractivity contribution in [2.75, 3.05) is 25.0 Å². The molecule has 3 aromatic rings. The second-order valence-corrected chi connectivity index (χ2v) is 6.86. The summed E-state index contributed by atoms with van der Waals surface area (Å²) in [5.41, 5.74) is 5.84. The number of likely N-dealkylation sites (N-methyl/N-ethyl adjacent to an activating group) is 1. The number of nitrogens with zero attached hydrogens (tertiary/aromatic N) is 3. The molecular weight excluding hydrogens is 330 g/mol. The molecule has 0 atom stereocenters. The van der Waals surface area contributed by atoms with Crippen molar-refractivity contribution in [2.45, 2.75) is 6.54 Å². The van der Waals surface area contributed by atoms with Crippen molar-refractivity contribution in [3.8, 4) is 11.3 Å². The average Bonchev–Trinajstić information content (AvgIpc) is 2.80. The van der Waals surface area contributed by atoms with E-state index in [4.69, 9.17) is 11.6 Å². The summed E-state index contributed by atoms with van der Waals surface area (Å²) in [6, 6.07) is 20.7. The van der Waals surface area contributed by atoms with Crippen LogP contribution in [0.25, 0.3) is 11.3 Å². The number of fused-ring (bicyclic) bond motifs is 1. The predicted molar refractivity (Wildman–Crippen MR) is 104 cm³/mol. The van der Waals surface area contributed by atoms with Gasteiger partial charge in [0, 0.05) is 47.8 Å². The molecule has 4 heteroatoms. The smallest absolute Gasteiger partial charge is 0.0702 e. The zero-order chi connectivity index (χ0) is 17.2. The molecule has 2 aromatic carbocycles. The fourth-order valence-corrected chi connectivity index (χ4v) is 3.53. The fourth-order valence-electron chi connectivity index (χ4n) is 3.34. The molecule has 0 N–H and O–H groups in total. The van der Waals surface area contributed by atoms with E-state index < -0.39 is 0 Å². The molecule has 0 spiro atoms. The van der Waals surface area contributed by atoms with Crippen LogP contribution in [0.1, 0.15) is 5.56 Å². The van der Waals surface area contributed by atoms with E-state index in [-0.39, 0.29) is 0 Å². The van der Waals surface area contributed by atoms with E-state index in [9.17, 15) is 0 Å². The molecule has 0 fully saturated rings. The number of halogens is 1. The number of aromatic nitrogens is 1. The quantitative estimate of drug-likeness (QED) is 0.650. The Hall–Kier alpha value is -2.36. The summed E-state index contributed by atoms with van der Waals surface area (Å²) >= 11 is 6.22. The van der Waals surface area contributed by atoms with Gasteiger partial charge in [-0.15, -0.1) is 0 Å². The van der Waals surface area contributed by atoms with Gasteiger partial charge >= 0.3 is 0 Å². The monoisotopic (exact) mass is 349 g/mol. The maximum atomic E-state index is 6.22. The van der Waals surface area contributed by atoms with Gasteiger partial charge in [0.05, 0.1) is 5.69 Å². The Bertz CT molecular complexity index is 879. The number of benzene rings is 2. The van der Waals surface area contributed by atoms with E-state index in [1.165, 1.54) is 11.3 Å². The first-order valence-electron chi connectivity index (χ1n) is 8.47. The van der Waals surface area contributed by atoms with Crippen LogP contribution in [0.2, 0.25) is 5.02 Å². The van der Waals surface area contributed by atoms with Gasteiger partial charge in [-0.3, -0.25) is 4.98 Å². The highest BCUT2D eigenvalue weighted by atomic mass is 35.5. The summed E-state index contributed by atoms with van der Waals surface area (Å²) in [5.74, 6) is 0. The number of anilines is 2. The maximum absolute atomic E-state index is 6.22. The van der Waals surface area contributed by atoms with Crippen LogP contribution in [0.5, 0.6) is 0 Å². The van der Waals surface area contributed by atoms with Crippen LogP contribution in [-0.4, -0.2) is 30.0 Å². The third-order valence-electron chi connectivity index (χ3n) is 4.60. The van der Waals surface area contributed by atoms with Crippen molar-refractivity contribution in [3.63, 3.8) is 0 Å². The topological polar surface area (TPSA) is 19.4 Å². The molecule has 0 saturated heterocycles. The second kappa shape index (κ2) is 6.87. The van der Waals surface area contributed by atoms with E-state index in [1.54, 1.807) is 0 Å². The van der Waals surface area contributed by atoms with Crippen LogP contribution < -0.4 is 4.90 Å². The van der Waals surface area contributed by atoms with Gasteiger partial charge in [-0.25, -0.2) is 0 Å². The molecule has 1 aliphatic rings. The zero-order valence-corrected chi connectivity index (χ0v) is 14.9. The molecule has 126 valence electrons. The molecule has 3 nitrogen and oxygen atoms in total. The number of hydrogen-bond acceptors (Lipinski definition) is 3. The average molecular weight is 350 g/mol. The lowest BCUT2D eigenvalue weighted by Gasteiger charge is -2.25. The summed E-state index contributed by atoms with van der Waals surface area (Å²) in [4.78, 5) is 9.19. The minimum absolute atomic E-state index is 0.766. The lowest BCUT2D eigenvalue weighted by molar-refractivity contribution is 0.343. The first-order valence-corrected chi connectivity index (χ1v) is 8.84. The van der Waals surface area contributed by atoms with Crippen LogP contribution in [0.4, 0.5) is 11.4 Å². The van der Waals surface area contributed by atoms with Gasteiger partial charge in [0.25, 0.3) is 0 Å². The summed E-state index contributed by atoms with van der Waals surface area (Å²) < 4.78 is 0. The Balaban J connectivity index is 1.79. The second-order valence-electron chi connectivity index (χ2n) is 6.43. The van der Waals surface area contributed by atoms with Gasteiger partial charge in [0.2, 0.25) is 0 Å². The molecular formula is C21H20ClN3. The first kappa shape index (κ1) is 16.1. The highest BCUT2D eigenvalue weighted by Crippen LogP contribution is 2.34. The lowest BCUT2D eigenvalue weighted by Crippen LogP contribution is -2.26. The normalized spacial score (nSPS) is 14.9. The minimum atomic E-state index is 0.766. The molecule has 0 unspecified atom stereocenters. The van der Waals surface area contributed by atoms with Gasteiger partial charge in [-0.1, -0.05) is 29.8 Å². The third-order valence-corrected chi connectivity index (χ3v) is 4.83. The van der Waals surface area contributed by atoms with Gasteiger partial charge in [-0.2, -0.15) is 0 Å². The summed E-state index contributed by atoms with van der Waals surface area (Å²) in [5, 5.41) is 0.766. The van der Waals surface area contributed by atoms with Gasteiger partial charge in [0.15, 0.2) is 0 Å². The molecule has 1 aliphatic heterocycles. The summed E-state index contributed by atoms with van der Waals surface area (Å²) in [7, 11) is 2.17. The largest absolute Gasteiger partial charge is 0.340 e. The summed E-state index contributed by atoms with van der Waals surface area (Å²) in [6.45, 7) is 2.86. The van der Waals surface area contributed by atoms with Crippen LogP contribution >= 0.6 is 11.6 Å². The van der Waals surface area contributed by atoms with Crippen LogP contribution in [0, 0.1) is 0 Å². The standard InChI is InChI=1S/C21H20ClN3/c1-24-11-12-25(19-6-4-5-18(22)14-19)21-9-8-16(13-17(21)15-24)20-7-2-3-10-23-20/h2-10,13-14H,11-12,15H2,1H3. The Morgan fingerprint density at radius 1 is 0.960 bits per heavy atom. The molecule has 0 bridgehead atoms.